The fraction of sp³-hybridized carbons (Fsp3) is 0.538. The van der Waals surface area contributed by atoms with E-state index in [-0.39, 0.29) is 11.4 Å². The first kappa shape index (κ1) is 14.2. The Morgan fingerprint density at radius 3 is 3.05 bits per heavy atom. The number of nitro groups is 1. The van der Waals surface area contributed by atoms with Crippen molar-refractivity contribution in [2.75, 3.05) is 31.5 Å². The van der Waals surface area contributed by atoms with Gasteiger partial charge in [0, 0.05) is 19.2 Å². The molecule has 2 rings (SSSR count). The number of pyridine rings is 1. The van der Waals surface area contributed by atoms with E-state index in [1.54, 1.807) is 12.1 Å². The zero-order valence-electron chi connectivity index (χ0n) is 11.4. The predicted octanol–water partition coefficient (Wildman–Crippen LogP) is 1.62. The zero-order valence-corrected chi connectivity index (χ0v) is 11.4. The van der Waals surface area contributed by atoms with Gasteiger partial charge >= 0.3 is 5.69 Å². The van der Waals surface area contributed by atoms with Crippen molar-refractivity contribution in [3.05, 3.63) is 27.9 Å². The second-order valence-corrected chi connectivity index (χ2v) is 4.86. The van der Waals surface area contributed by atoms with Crippen molar-refractivity contribution < 1.29 is 4.92 Å². The Hall–Kier alpha value is -2.20. The third-order valence-electron chi connectivity index (χ3n) is 3.57. The third kappa shape index (κ3) is 3.22. The molecule has 20 heavy (non-hydrogen) atoms. The van der Waals surface area contributed by atoms with E-state index in [1.807, 2.05) is 0 Å². The molecule has 1 aliphatic heterocycles. The van der Waals surface area contributed by atoms with E-state index in [1.165, 1.54) is 6.07 Å². The van der Waals surface area contributed by atoms with Crippen molar-refractivity contribution in [1.29, 1.82) is 5.26 Å². The summed E-state index contributed by atoms with van der Waals surface area (Å²) in [5.74, 6) is 1.07. The molecule has 1 atom stereocenters. The lowest BCUT2D eigenvalue weighted by Gasteiger charge is -2.14. The molecule has 0 bridgehead atoms. The van der Waals surface area contributed by atoms with E-state index in [9.17, 15) is 10.1 Å². The van der Waals surface area contributed by atoms with Gasteiger partial charge in [0.15, 0.2) is 0 Å². The van der Waals surface area contributed by atoms with E-state index in [4.69, 9.17) is 5.26 Å². The number of rotatable bonds is 5. The summed E-state index contributed by atoms with van der Waals surface area (Å²) >= 11 is 0. The Morgan fingerprint density at radius 2 is 2.45 bits per heavy atom. The van der Waals surface area contributed by atoms with Crippen molar-refractivity contribution >= 4 is 11.5 Å². The number of hydrogen-bond donors (Lipinski definition) is 1. The van der Waals surface area contributed by atoms with Crippen molar-refractivity contribution in [2.45, 2.75) is 13.3 Å². The predicted molar refractivity (Wildman–Crippen MR) is 74.3 cm³/mol. The van der Waals surface area contributed by atoms with E-state index in [0.717, 1.165) is 32.6 Å². The first-order valence-electron chi connectivity index (χ1n) is 6.65. The molecular formula is C13H17N5O2. The van der Waals surface area contributed by atoms with Gasteiger partial charge in [0.25, 0.3) is 0 Å². The highest BCUT2D eigenvalue weighted by atomic mass is 16.6. The number of nitriles is 1. The molecule has 0 amide bonds. The minimum Gasteiger partial charge on any atom is -0.370 e. The van der Waals surface area contributed by atoms with Crippen LogP contribution in [0.1, 0.15) is 19.0 Å². The van der Waals surface area contributed by atoms with Crippen LogP contribution in [0, 0.1) is 27.4 Å². The summed E-state index contributed by atoms with van der Waals surface area (Å²) in [6.45, 7) is 6.14. The average molecular weight is 275 g/mol. The van der Waals surface area contributed by atoms with Crippen LogP contribution in [0.5, 0.6) is 0 Å². The topological polar surface area (TPSA) is 95.1 Å². The van der Waals surface area contributed by atoms with Gasteiger partial charge in [0.1, 0.15) is 11.9 Å². The molecule has 1 aromatic rings. The van der Waals surface area contributed by atoms with Crippen LogP contribution in [0.15, 0.2) is 12.1 Å². The fourth-order valence-electron chi connectivity index (χ4n) is 2.40. The van der Waals surface area contributed by atoms with Crippen LogP contribution in [-0.4, -0.2) is 41.0 Å². The van der Waals surface area contributed by atoms with Crippen LogP contribution in [0.4, 0.5) is 11.5 Å². The van der Waals surface area contributed by atoms with E-state index >= 15 is 0 Å². The monoisotopic (exact) mass is 275 g/mol. The number of likely N-dealkylation sites (tertiary alicyclic amines) is 1. The summed E-state index contributed by atoms with van der Waals surface area (Å²) in [6, 6.07) is 4.63. The highest BCUT2D eigenvalue weighted by Gasteiger charge is 2.21. The molecule has 1 aromatic heterocycles. The van der Waals surface area contributed by atoms with E-state index in [2.05, 4.69) is 22.1 Å². The first-order chi connectivity index (χ1) is 9.63. The Labute approximate surface area is 117 Å². The average Bonchev–Trinajstić information content (AvgIpc) is 2.92. The van der Waals surface area contributed by atoms with Gasteiger partial charge in [-0.3, -0.25) is 10.1 Å². The number of aromatic nitrogens is 1. The van der Waals surface area contributed by atoms with Gasteiger partial charge in [-0.15, -0.1) is 0 Å². The molecule has 0 aromatic carbocycles. The van der Waals surface area contributed by atoms with Crippen LogP contribution < -0.4 is 5.32 Å². The molecule has 7 heteroatoms. The number of anilines is 1. The van der Waals surface area contributed by atoms with Crippen molar-refractivity contribution in [3.8, 4) is 6.07 Å². The minimum atomic E-state index is -0.592. The van der Waals surface area contributed by atoms with Crippen LogP contribution in [-0.2, 0) is 0 Å². The molecule has 1 N–H and O–H groups in total. The summed E-state index contributed by atoms with van der Waals surface area (Å²) in [5, 5.41) is 22.8. The van der Waals surface area contributed by atoms with Gasteiger partial charge in [-0.05, 0) is 31.5 Å². The summed E-state index contributed by atoms with van der Waals surface area (Å²) < 4.78 is 0. The van der Waals surface area contributed by atoms with Crippen molar-refractivity contribution in [1.82, 2.24) is 9.88 Å². The lowest BCUT2D eigenvalue weighted by Crippen LogP contribution is -2.22. The Bertz CT molecular complexity index is 540. The first-order valence-corrected chi connectivity index (χ1v) is 6.65. The molecule has 1 aliphatic rings. The summed E-state index contributed by atoms with van der Waals surface area (Å²) in [6.07, 6.45) is 1.14. The highest BCUT2D eigenvalue weighted by Crippen LogP contribution is 2.20. The molecule has 0 aliphatic carbocycles. The molecule has 106 valence electrons. The molecule has 0 spiro atoms. The Balaban J connectivity index is 1.97. The van der Waals surface area contributed by atoms with Crippen LogP contribution in [0.2, 0.25) is 0 Å². The van der Waals surface area contributed by atoms with Crippen molar-refractivity contribution in [3.63, 3.8) is 0 Å². The smallest absolute Gasteiger partial charge is 0.305 e. The van der Waals surface area contributed by atoms with Crippen LogP contribution in [0.25, 0.3) is 0 Å². The normalized spacial score (nSPS) is 18.7. The summed E-state index contributed by atoms with van der Waals surface area (Å²) in [5.41, 5.74) is -0.405. The maximum absolute atomic E-state index is 10.7. The zero-order chi connectivity index (χ0) is 14.5. The van der Waals surface area contributed by atoms with Gasteiger partial charge in [-0.1, -0.05) is 6.92 Å². The van der Waals surface area contributed by atoms with Gasteiger partial charge in [-0.25, -0.2) is 4.98 Å². The maximum Gasteiger partial charge on any atom is 0.305 e. The molecule has 2 heterocycles. The second kappa shape index (κ2) is 6.30. The number of hydrogen-bond acceptors (Lipinski definition) is 6. The maximum atomic E-state index is 10.7. The largest absolute Gasteiger partial charge is 0.370 e. The summed E-state index contributed by atoms with van der Waals surface area (Å²) in [4.78, 5) is 16.5. The SMILES string of the molecule is CCN1CCC(CNc2ccc([N+](=O)[O-])c(C#N)n2)C1. The van der Waals surface area contributed by atoms with Crippen LogP contribution in [0.3, 0.4) is 0 Å². The Kier molecular flexibility index (Phi) is 4.48. The molecule has 1 unspecified atom stereocenters. The van der Waals surface area contributed by atoms with Gasteiger partial charge in [0.2, 0.25) is 5.69 Å². The lowest BCUT2D eigenvalue weighted by molar-refractivity contribution is -0.385. The number of nitrogens with one attached hydrogen (secondary N) is 1. The highest BCUT2D eigenvalue weighted by molar-refractivity contribution is 5.50. The van der Waals surface area contributed by atoms with E-state index in [0.29, 0.717) is 11.7 Å². The molecule has 7 nitrogen and oxygen atoms in total. The summed E-state index contributed by atoms with van der Waals surface area (Å²) in [7, 11) is 0. The fourth-order valence-corrected chi connectivity index (χ4v) is 2.40. The number of nitrogens with zero attached hydrogens (tertiary/aromatic N) is 4. The standard InChI is InChI=1S/C13H17N5O2/c1-2-17-6-5-10(9-17)8-15-13-4-3-12(18(19)20)11(7-14)16-13/h3-4,10H,2,5-6,8-9H2,1H3,(H,15,16). The molecule has 0 radical (unpaired) electrons. The molecule has 1 fully saturated rings. The van der Waals surface area contributed by atoms with Crippen molar-refractivity contribution in [2.24, 2.45) is 5.92 Å². The van der Waals surface area contributed by atoms with E-state index < -0.39 is 4.92 Å². The van der Waals surface area contributed by atoms with Gasteiger partial charge in [0.05, 0.1) is 4.92 Å². The van der Waals surface area contributed by atoms with Gasteiger partial charge in [-0.2, -0.15) is 5.26 Å². The van der Waals surface area contributed by atoms with Crippen LogP contribution >= 0.6 is 0 Å². The van der Waals surface area contributed by atoms with Gasteiger partial charge < -0.3 is 10.2 Å². The Morgan fingerprint density at radius 1 is 1.65 bits per heavy atom. The minimum absolute atomic E-state index is 0.151. The molecule has 0 saturated carbocycles. The molecular weight excluding hydrogens is 258 g/mol. The quantitative estimate of drug-likeness (QED) is 0.648. The third-order valence-corrected chi connectivity index (χ3v) is 3.57. The molecule has 1 saturated heterocycles. The second-order valence-electron chi connectivity index (χ2n) is 4.86. The lowest BCUT2D eigenvalue weighted by atomic mass is 10.1.